The Balaban J connectivity index is 2.05. The lowest BCUT2D eigenvalue weighted by Crippen LogP contribution is -2.46. The van der Waals surface area contributed by atoms with Crippen LogP contribution in [0, 0.1) is 6.92 Å². The van der Waals surface area contributed by atoms with Crippen molar-refractivity contribution in [3.8, 4) is 0 Å². The number of rotatable bonds is 6. The smallest absolute Gasteiger partial charge is 0.328 e. The molecular weight excluding hydrogens is 312 g/mol. The Hall–Kier alpha value is -1.60. The first-order valence-corrected chi connectivity index (χ1v) is 11.6. The standard InChI is InChI=1S/C16H26N2O4Si/c1-11-14-12(8-13(16(20)21-2)17-15(14)19)9-18(11)10-22-6-7-23(3,4)5/h9,13H,6-8,10H2,1-5H3,(H,17,19). The third kappa shape index (κ3) is 4.23. The fraction of sp³-hybridized carbons (Fsp3) is 0.625. The highest BCUT2D eigenvalue weighted by molar-refractivity contribution is 6.76. The van der Waals surface area contributed by atoms with Crippen LogP contribution in [0.15, 0.2) is 6.20 Å². The summed E-state index contributed by atoms with van der Waals surface area (Å²) in [5.74, 6) is -0.638. The van der Waals surface area contributed by atoms with E-state index in [1.807, 2.05) is 17.7 Å². The molecule has 1 aliphatic heterocycles. The number of nitrogens with one attached hydrogen (secondary N) is 1. The van der Waals surface area contributed by atoms with E-state index in [0.717, 1.165) is 23.9 Å². The molecule has 1 aromatic heterocycles. The van der Waals surface area contributed by atoms with Crippen LogP contribution in [-0.2, 0) is 27.4 Å². The van der Waals surface area contributed by atoms with E-state index in [2.05, 4.69) is 25.0 Å². The number of hydrogen-bond donors (Lipinski definition) is 1. The maximum atomic E-state index is 12.2. The van der Waals surface area contributed by atoms with Crippen molar-refractivity contribution < 1.29 is 19.1 Å². The lowest BCUT2D eigenvalue weighted by molar-refractivity contribution is -0.142. The lowest BCUT2D eigenvalue weighted by atomic mass is 9.98. The molecule has 1 amide bonds. The van der Waals surface area contributed by atoms with E-state index in [-0.39, 0.29) is 5.91 Å². The first-order valence-electron chi connectivity index (χ1n) is 7.88. The first kappa shape index (κ1) is 17.7. The fourth-order valence-corrected chi connectivity index (χ4v) is 3.41. The monoisotopic (exact) mass is 338 g/mol. The molecule has 0 bridgehead atoms. The molecule has 1 N–H and O–H groups in total. The Kier molecular flexibility index (Phi) is 5.31. The normalized spacial score (nSPS) is 17.6. The number of methoxy groups -OCH3 is 1. The second-order valence-corrected chi connectivity index (χ2v) is 12.8. The van der Waals surface area contributed by atoms with Crippen molar-refractivity contribution in [3.63, 3.8) is 0 Å². The number of carbonyl (C=O) groups excluding carboxylic acids is 2. The van der Waals surface area contributed by atoms with E-state index < -0.39 is 20.1 Å². The molecule has 2 heterocycles. The Morgan fingerprint density at radius 1 is 1.43 bits per heavy atom. The zero-order chi connectivity index (χ0) is 17.2. The number of esters is 1. The van der Waals surface area contributed by atoms with E-state index in [1.165, 1.54) is 7.11 Å². The van der Waals surface area contributed by atoms with Crippen LogP contribution in [0.3, 0.4) is 0 Å². The third-order valence-electron chi connectivity index (χ3n) is 4.09. The minimum absolute atomic E-state index is 0.222. The van der Waals surface area contributed by atoms with Crippen LogP contribution in [0.2, 0.25) is 25.7 Å². The summed E-state index contributed by atoms with van der Waals surface area (Å²) in [6.07, 6.45) is 2.37. The van der Waals surface area contributed by atoms with Crippen LogP contribution in [0.5, 0.6) is 0 Å². The van der Waals surface area contributed by atoms with Gasteiger partial charge in [-0.3, -0.25) is 4.79 Å². The SMILES string of the molecule is COC(=O)C1Cc2cn(COCC[Si](C)(C)C)c(C)c2C(=O)N1. The van der Waals surface area contributed by atoms with Crippen molar-refractivity contribution >= 4 is 20.0 Å². The van der Waals surface area contributed by atoms with Crippen molar-refractivity contribution in [2.24, 2.45) is 0 Å². The number of hydrogen-bond acceptors (Lipinski definition) is 4. The highest BCUT2D eigenvalue weighted by atomic mass is 28.3. The number of nitrogens with zero attached hydrogens (tertiary/aromatic N) is 1. The van der Waals surface area contributed by atoms with Crippen LogP contribution in [0.25, 0.3) is 0 Å². The van der Waals surface area contributed by atoms with Crippen LogP contribution in [0.1, 0.15) is 21.6 Å². The summed E-state index contributed by atoms with van der Waals surface area (Å²) >= 11 is 0. The molecule has 128 valence electrons. The molecular formula is C16H26N2O4Si. The maximum absolute atomic E-state index is 12.2. The molecule has 2 rings (SSSR count). The second-order valence-electron chi connectivity index (χ2n) is 7.19. The molecule has 1 atom stereocenters. The molecule has 0 spiro atoms. The maximum Gasteiger partial charge on any atom is 0.328 e. The lowest BCUT2D eigenvalue weighted by Gasteiger charge is -2.21. The van der Waals surface area contributed by atoms with Gasteiger partial charge in [-0.25, -0.2) is 4.79 Å². The van der Waals surface area contributed by atoms with E-state index in [4.69, 9.17) is 9.47 Å². The van der Waals surface area contributed by atoms with Crippen LogP contribution in [0.4, 0.5) is 0 Å². The number of aromatic nitrogens is 1. The Bertz CT molecular complexity index is 604. The van der Waals surface area contributed by atoms with E-state index in [0.29, 0.717) is 18.7 Å². The average Bonchev–Trinajstić information content (AvgIpc) is 2.78. The van der Waals surface area contributed by atoms with E-state index >= 15 is 0 Å². The van der Waals surface area contributed by atoms with Crippen molar-refractivity contribution in [2.75, 3.05) is 13.7 Å². The first-order chi connectivity index (χ1) is 10.7. The van der Waals surface area contributed by atoms with Crippen molar-refractivity contribution in [2.45, 2.75) is 51.8 Å². The minimum Gasteiger partial charge on any atom is -0.467 e. The predicted molar refractivity (Wildman–Crippen MR) is 90.2 cm³/mol. The van der Waals surface area contributed by atoms with Gasteiger partial charge in [-0.2, -0.15) is 0 Å². The topological polar surface area (TPSA) is 69.6 Å². The van der Waals surface area contributed by atoms with Crippen molar-refractivity contribution in [3.05, 3.63) is 23.0 Å². The Morgan fingerprint density at radius 3 is 2.74 bits per heavy atom. The quantitative estimate of drug-likeness (QED) is 0.489. The van der Waals surface area contributed by atoms with Gasteiger partial charge in [-0.1, -0.05) is 19.6 Å². The summed E-state index contributed by atoms with van der Waals surface area (Å²) in [6, 6.07) is 0.501. The summed E-state index contributed by atoms with van der Waals surface area (Å²) in [7, 11) is 0.221. The zero-order valence-corrected chi connectivity index (χ0v) is 15.6. The summed E-state index contributed by atoms with van der Waals surface area (Å²) in [6.45, 7) is 10.0. The van der Waals surface area contributed by atoms with Gasteiger partial charge in [-0.05, 0) is 18.5 Å². The van der Waals surface area contributed by atoms with E-state index in [9.17, 15) is 9.59 Å². The van der Waals surface area contributed by atoms with Crippen LogP contribution < -0.4 is 5.32 Å². The second kappa shape index (κ2) is 6.88. The number of amides is 1. The highest BCUT2D eigenvalue weighted by Gasteiger charge is 2.32. The van der Waals surface area contributed by atoms with E-state index in [1.54, 1.807) is 0 Å². The summed E-state index contributed by atoms with van der Waals surface area (Å²) in [5, 5.41) is 2.70. The minimum atomic E-state index is -1.11. The number of carbonyl (C=O) groups is 2. The molecule has 0 aliphatic carbocycles. The molecule has 1 aliphatic rings. The molecule has 0 radical (unpaired) electrons. The molecule has 23 heavy (non-hydrogen) atoms. The third-order valence-corrected chi connectivity index (χ3v) is 5.80. The van der Waals surface area contributed by atoms with Crippen LogP contribution >= 0.6 is 0 Å². The molecule has 1 aromatic rings. The van der Waals surface area contributed by atoms with Gasteiger partial charge >= 0.3 is 5.97 Å². The van der Waals surface area contributed by atoms with Gasteiger partial charge < -0.3 is 19.4 Å². The Labute approximate surface area is 138 Å². The Morgan fingerprint density at radius 2 is 2.13 bits per heavy atom. The van der Waals surface area contributed by atoms with Gasteiger partial charge in [0, 0.05) is 33.0 Å². The summed E-state index contributed by atoms with van der Waals surface area (Å²) in [5.41, 5.74) is 2.39. The van der Waals surface area contributed by atoms with Gasteiger partial charge in [0.2, 0.25) is 0 Å². The molecule has 0 saturated carbocycles. The summed E-state index contributed by atoms with van der Waals surface area (Å²) < 4.78 is 12.4. The van der Waals surface area contributed by atoms with Crippen molar-refractivity contribution in [1.82, 2.24) is 9.88 Å². The fourth-order valence-electron chi connectivity index (χ4n) is 2.65. The molecule has 0 fully saturated rings. The molecule has 7 heteroatoms. The highest BCUT2D eigenvalue weighted by Crippen LogP contribution is 2.23. The number of fused-ring (bicyclic) bond motifs is 1. The molecule has 0 aromatic carbocycles. The van der Waals surface area contributed by atoms with Gasteiger partial charge in [0.1, 0.15) is 12.8 Å². The van der Waals surface area contributed by atoms with Gasteiger partial charge in [0.25, 0.3) is 5.91 Å². The molecule has 6 nitrogen and oxygen atoms in total. The van der Waals surface area contributed by atoms with Gasteiger partial charge in [0.15, 0.2) is 0 Å². The van der Waals surface area contributed by atoms with Crippen molar-refractivity contribution in [1.29, 1.82) is 0 Å². The molecule has 1 unspecified atom stereocenters. The van der Waals surface area contributed by atoms with Gasteiger partial charge in [0.05, 0.1) is 12.7 Å². The van der Waals surface area contributed by atoms with Gasteiger partial charge in [-0.15, -0.1) is 0 Å². The largest absolute Gasteiger partial charge is 0.467 e. The predicted octanol–water partition coefficient (Wildman–Crippen LogP) is 1.94. The summed E-state index contributed by atoms with van der Waals surface area (Å²) in [4.78, 5) is 23.9. The molecule has 0 saturated heterocycles. The zero-order valence-electron chi connectivity index (χ0n) is 14.6. The number of ether oxygens (including phenoxy) is 2. The van der Waals surface area contributed by atoms with Crippen LogP contribution in [-0.4, -0.2) is 44.3 Å². The average molecular weight is 338 g/mol.